The first-order valence-electron chi connectivity index (χ1n) is 9.85. The Balaban J connectivity index is 1.92. The molecule has 3 rings (SSSR count). The highest BCUT2D eigenvalue weighted by Gasteiger charge is 2.25. The van der Waals surface area contributed by atoms with Gasteiger partial charge in [-0.25, -0.2) is 14.5 Å². The number of esters is 1. The summed E-state index contributed by atoms with van der Waals surface area (Å²) in [5, 5.41) is 11.6. The minimum Gasteiger partial charge on any atom is -0.462 e. The van der Waals surface area contributed by atoms with Gasteiger partial charge in [-0.2, -0.15) is 0 Å². The molecule has 10 heteroatoms. The number of hydrogen-bond acceptors (Lipinski definition) is 8. The summed E-state index contributed by atoms with van der Waals surface area (Å²) in [5.74, 6) is -0.606. The molecule has 0 N–H and O–H groups in total. The lowest BCUT2D eigenvalue weighted by molar-refractivity contribution is 0.0531. The zero-order valence-electron chi connectivity index (χ0n) is 17.2. The third-order valence-electron chi connectivity index (χ3n) is 4.41. The average molecular weight is 429 g/mol. The zero-order chi connectivity index (χ0) is 21.5. The van der Waals surface area contributed by atoms with Crippen molar-refractivity contribution in [2.75, 3.05) is 18.1 Å². The number of carbonyl (C=O) groups is 2. The summed E-state index contributed by atoms with van der Waals surface area (Å²) in [6.45, 7) is 6.41. The topological polar surface area (TPSA) is 103 Å². The Morgan fingerprint density at radius 1 is 1.23 bits per heavy atom. The summed E-state index contributed by atoms with van der Waals surface area (Å²) in [5.41, 5.74) is 1.73. The second kappa shape index (κ2) is 10.1. The Labute approximate surface area is 178 Å². The van der Waals surface area contributed by atoms with Crippen molar-refractivity contribution in [3.63, 3.8) is 0 Å². The fourth-order valence-electron chi connectivity index (χ4n) is 2.90. The SMILES string of the molecule is CCCCCN(C(=O)c1cccc(-n2cnnn2)c1)c1nc(C)c(C(=O)OCC)s1. The number of aryl methyl sites for hydroxylation is 1. The fraction of sp³-hybridized carbons (Fsp3) is 0.400. The smallest absolute Gasteiger partial charge is 0.350 e. The molecular formula is C20H24N6O3S. The fourth-order valence-corrected chi connectivity index (χ4v) is 3.89. The van der Waals surface area contributed by atoms with Gasteiger partial charge in [-0.3, -0.25) is 9.69 Å². The molecular weight excluding hydrogens is 404 g/mol. The second-order valence-electron chi connectivity index (χ2n) is 6.60. The van der Waals surface area contributed by atoms with Crippen LogP contribution in [0.25, 0.3) is 5.69 Å². The van der Waals surface area contributed by atoms with Crippen LogP contribution in [0.15, 0.2) is 30.6 Å². The van der Waals surface area contributed by atoms with Crippen molar-refractivity contribution in [1.29, 1.82) is 0 Å². The van der Waals surface area contributed by atoms with Crippen LogP contribution in [0, 0.1) is 6.92 Å². The van der Waals surface area contributed by atoms with Crippen molar-refractivity contribution < 1.29 is 14.3 Å². The molecule has 0 saturated heterocycles. The standard InChI is InChI=1S/C20H24N6O3S/c1-4-6-7-11-25(20-22-14(3)17(30-20)19(28)29-5-2)18(27)15-9-8-10-16(12-15)26-13-21-23-24-26/h8-10,12-13H,4-7,11H2,1-3H3. The summed E-state index contributed by atoms with van der Waals surface area (Å²) in [7, 11) is 0. The van der Waals surface area contributed by atoms with Crippen molar-refractivity contribution in [2.45, 2.75) is 40.0 Å². The summed E-state index contributed by atoms with van der Waals surface area (Å²) < 4.78 is 6.60. The molecule has 0 saturated carbocycles. The highest BCUT2D eigenvalue weighted by Crippen LogP contribution is 2.28. The Bertz CT molecular complexity index is 1000. The van der Waals surface area contributed by atoms with Crippen LogP contribution in [0.5, 0.6) is 0 Å². The highest BCUT2D eigenvalue weighted by atomic mass is 32.1. The van der Waals surface area contributed by atoms with Gasteiger partial charge in [0.15, 0.2) is 5.13 Å². The number of amides is 1. The summed E-state index contributed by atoms with van der Waals surface area (Å²) in [4.78, 5) is 32.1. The van der Waals surface area contributed by atoms with Gasteiger partial charge in [-0.15, -0.1) is 5.10 Å². The number of tetrazole rings is 1. The number of unbranched alkanes of at least 4 members (excludes halogenated alkanes) is 2. The van der Waals surface area contributed by atoms with Crippen molar-refractivity contribution in [1.82, 2.24) is 25.2 Å². The lowest BCUT2D eigenvalue weighted by Gasteiger charge is -2.20. The first-order valence-corrected chi connectivity index (χ1v) is 10.7. The van der Waals surface area contributed by atoms with E-state index in [1.54, 1.807) is 36.9 Å². The Morgan fingerprint density at radius 2 is 2.07 bits per heavy atom. The Morgan fingerprint density at radius 3 is 2.77 bits per heavy atom. The van der Waals surface area contributed by atoms with Crippen LogP contribution < -0.4 is 4.90 Å². The van der Waals surface area contributed by atoms with E-state index >= 15 is 0 Å². The van der Waals surface area contributed by atoms with E-state index in [1.165, 1.54) is 22.3 Å². The maximum atomic E-state index is 13.4. The van der Waals surface area contributed by atoms with Crippen LogP contribution in [-0.4, -0.2) is 50.2 Å². The molecule has 9 nitrogen and oxygen atoms in total. The van der Waals surface area contributed by atoms with Gasteiger partial charge in [-0.05, 0) is 48.9 Å². The molecule has 0 radical (unpaired) electrons. The second-order valence-corrected chi connectivity index (χ2v) is 7.58. The van der Waals surface area contributed by atoms with E-state index in [9.17, 15) is 9.59 Å². The van der Waals surface area contributed by atoms with Crippen molar-refractivity contribution in [3.8, 4) is 5.69 Å². The number of benzene rings is 1. The largest absolute Gasteiger partial charge is 0.462 e. The van der Waals surface area contributed by atoms with E-state index in [4.69, 9.17) is 4.74 Å². The maximum absolute atomic E-state index is 13.4. The molecule has 158 valence electrons. The first-order chi connectivity index (χ1) is 14.5. The molecule has 0 aliphatic heterocycles. The van der Waals surface area contributed by atoms with E-state index in [-0.39, 0.29) is 12.5 Å². The van der Waals surface area contributed by atoms with Gasteiger partial charge in [0, 0.05) is 12.1 Å². The maximum Gasteiger partial charge on any atom is 0.350 e. The van der Waals surface area contributed by atoms with Crippen LogP contribution in [0.1, 0.15) is 58.8 Å². The summed E-state index contributed by atoms with van der Waals surface area (Å²) in [6, 6.07) is 7.08. The van der Waals surface area contributed by atoms with Gasteiger partial charge in [0.25, 0.3) is 5.91 Å². The molecule has 30 heavy (non-hydrogen) atoms. The minimum absolute atomic E-state index is 0.190. The molecule has 1 amide bonds. The van der Waals surface area contributed by atoms with Crippen LogP contribution in [0.2, 0.25) is 0 Å². The van der Waals surface area contributed by atoms with Crippen LogP contribution in [0.3, 0.4) is 0 Å². The molecule has 0 bridgehead atoms. The number of ether oxygens (including phenoxy) is 1. The molecule has 0 spiro atoms. The molecule has 0 atom stereocenters. The molecule has 1 aromatic carbocycles. The van der Waals surface area contributed by atoms with Gasteiger partial charge >= 0.3 is 5.97 Å². The molecule has 3 aromatic rings. The molecule has 2 heterocycles. The first kappa shape index (κ1) is 21.6. The Hall–Kier alpha value is -3.14. The average Bonchev–Trinajstić information content (AvgIpc) is 3.41. The summed E-state index contributed by atoms with van der Waals surface area (Å²) >= 11 is 1.18. The third-order valence-corrected chi connectivity index (χ3v) is 5.57. The van der Waals surface area contributed by atoms with Crippen molar-refractivity contribution in [2.24, 2.45) is 0 Å². The predicted molar refractivity (Wildman–Crippen MR) is 113 cm³/mol. The quantitative estimate of drug-likeness (QED) is 0.380. The van der Waals surface area contributed by atoms with Crippen LogP contribution in [0.4, 0.5) is 5.13 Å². The van der Waals surface area contributed by atoms with E-state index in [0.717, 1.165) is 19.3 Å². The van der Waals surface area contributed by atoms with Crippen LogP contribution in [-0.2, 0) is 4.74 Å². The van der Waals surface area contributed by atoms with E-state index < -0.39 is 5.97 Å². The molecule has 0 fully saturated rings. The number of thiazole rings is 1. The predicted octanol–water partition coefficient (Wildman–Crippen LogP) is 3.44. The van der Waals surface area contributed by atoms with Crippen LogP contribution >= 0.6 is 11.3 Å². The van der Waals surface area contributed by atoms with Gasteiger partial charge in [0.2, 0.25) is 0 Å². The number of nitrogens with zero attached hydrogens (tertiary/aromatic N) is 6. The number of anilines is 1. The van der Waals surface area contributed by atoms with E-state index in [1.807, 2.05) is 6.07 Å². The van der Waals surface area contributed by atoms with Crippen molar-refractivity contribution in [3.05, 3.63) is 46.7 Å². The number of rotatable bonds is 9. The number of hydrogen-bond donors (Lipinski definition) is 0. The molecule has 0 unspecified atom stereocenters. The molecule has 2 aromatic heterocycles. The number of aromatic nitrogens is 5. The lowest BCUT2D eigenvalue weighted by Crippen LogP contribution is -2.32. The van der Waals surface area contributed by atoms with Gasteiger partial charge < -0.3 is 4.74 Å². The van der Waals surface area contributed by atoms with E-state index in [2.05, 4.69) is 27.4 Å². The molecule has 0 aliphatic rings. The number of carbonyl (C=O) groups excluding carboxylic acids is 2. The van der Waals surface area contributed by atoms with Gasteiger partial charge in [0.1, 0.15) is 11.2 Å². The van der Waals surface area contributed by atoms with Gasteiger partial charge in [-0.1, -0.05) is 37.2 Å². The monoisotopic (exact) mass is 428 g/mol. The minimum atomic E-state index is -0.416. The normalized spacial score (nSPS) is 10.8. The van der Waals surface area contributed by atoms with Crippen molar-refractivity contribution >= 4 is 28.3 Å². The van der Waals surface area contributed by atoms with Gasteiger partial charge in [0.05, 0.1) is 18.0 Å². The summed E-state index contributed by atoms with van der Waals surface area (Å²) in [6.07, 6.45) is 4.33. The highest BCUT2D eigenvalue weighted by molar-refractivity contribution is 7.17. The third kappa shape index (κ3) is 4.88. The molecule has 0 aliphatic carbocycles. The Kier molecular flexibility index (Phi) is 7.23. The zero-order valence-corrected chi connectivity index (χ0v) is 18.1. The van der Waals surface area contributed by atoms with E-state index in [0.29, 0.717) is 33.5 Å². The lowest BCUT2D eigenvalue weighted by atomic mass is 10.1.